The minimum Gasteiger partial charge on any atom is -0.509 e. The van der Waals surface area contributed by atoms with E-state index in [1.807, 2.05) is 0 Å². The Morgan fingerprint density at radius 2 is 1.61 bits per heavy atom. The molecule has 1 heterocycles. The fourth-order valence-electron chi connectivity index (χ4n) is 3.12. The quantitative estimate of drug-likeness (QED) is 0.0682. The zero-order valence-corrected chi connectivity index (χ0v) is 18.5. The highest BCUT2D eigenvalue weighted by molar-refractivity contribution is 6.36. The van der Waals surface area contributed by atoms with Gasteiger partial charge in [0.05, 0.1) is 0 Å². The molecule has 2 N–H and O–H groups in total. The number of ether oxygens (including phenoxy) is 2. The maximum atomic E-state index is 11.4. The van der Waals surface area contributed by atoms with Crippen molar-refractivity contribution in [3.05, 3.63) is 23.5 Å². The number of likely N-dealkylation sites (N-methyl/N-ethyl adjacent to an activating group) is 1. The van der Waals surface area contributed by atoms with Gasteiger partial charge in [-0.15, -0.1) is 0 Å². The van der Waals surface area contributed by atoms with Crippen molar-refractivity contribution in [3.63, 3.8) is 0 Å². The van der Waals surface area contributed by atoms with Crippen LogP contribution >= 0.6 is 0 Å². The van der Waals surface area contributed by atoms with E-state index in [0.717, 1.165) is 64.2 Å². The Morgan fingerprint density at radius 3 is 2.23 bits per heavy atom. The van der Waals surface area contributed by atoms with E-state index in [4.69, 9.17) is 4.74 Å². The zero-order valence-electron chi connectivity index (χ0n) is 18.5. The van der Waals surface area contributed by atoms with Crippen LogP contribution in [0.5, 0.6) is 0 Å². The van der Waals surface area contributed by atoms with Crippen LogP contribution in [0.25, 0.3) is 0 Å². The monoisotopic (exact) mass is 437 g/mol. The van der Waals surface area contributed by atoms with Crippen molar-refractivity contribution in [2.24, 2.45) is 0 Å². The highest BCUT2D eigenvalue weighted by atomic mass is 16.5. The van der Waals surface area contributed by atoms with Gasteiger partial charge in [0.25, 0.3) is 5.91 Å². The minimum atomic E-state index is -0.783. The predicted octanol–water partition coefficient (Wildman–Crippen LogP) is 3.10. The molecule has 0 atom stereocenters. The minimum absolute atomic E-state index is 0.147. The molecule has 1 rings (SSSR count). The molecule has 8 nitrogen and oxygen atoms in total. The molecule has 0 aromatic carbocycles. The molecule has 8 heteroatoms. The lowest BCUT2D eigenvalue weighted by Gasteiger charge is -2.05. The Balaban J connectivity index is 1.89. The second-order valence-electron chi connectivity index (χ2n) is 7.50. The van der Waals surface area contributed by atoms with Crippen LogP contribution in [0.15, 0.2) is 23.5 Å². The number of Topliss-reactive ketones (excluding diaryl/α,β-unsaturated/α-hetero) is 2. The highest BCUT2D eigenvalue weighted by Gasteiger charge is 2.31. The fourth-order valence-corrected chi connectivity index (χ4v) is 3.12. The maximum absolute atomic E-state index is 11.4. The number of allylic oxidation sites excluding steroid dienone is 2. The molecule has 1 amide bonds. The number of amides is 1. The number of nitrogens with one attached hydrogen (secondary N) is 1. The van der Waals surface area contributed by atoms with Crippen molar-refractivity contribution >= 4 is 23.4 Å². The summed E-state index contributed by atoms with van der Waals surface area (Å²) in [6.45, 7) is 0.0104. The Morgan fingerprint density at radius 1 is 1.00 bits per heavy atom. The van der Waals surface area contributed by atoms with E-state index in [2.05, 4.69) is 22.2 Å². The van der Waals surface area contributed by atoms with E-state index in [9.17, 15) is 24.3 Å². The molecule has 0 spiro atoms. The third-order valence-electron chi connectivity index (χ3n) is 4.93. The molecule has 0 bridgehead atoms. The number of hydrogen-bond donors (Lipinski definition) is 2. The number of carbonyl (C=O) groups excluding carboxylic acids is 4. The molecule has 1 saturated heterocycles. The molecular weight excluding hydrogens is 402 g/mol. The first-order valence-corrected chi connectivity index (χ1v) is 11.1. The first kappa shape index (κ1) is 26.6. The summed E-state index contributed by atoms with van der Waals surface area (Å²) in [5.41, 5.74) is -0.288. The van der Waals surface area contributed by atoms with Crippen LogP contribution in [0.4, 0.5) is 0 Å². The molecule has 1 fully saturated rings. The molecule has 31 heavy (non-hydrogen) atoms. The van der Waals surface area contributed by atoms with Gasteiger partial charge in [0, 0.05) is 20.1 Å². The molecule has 0 saturated carbocycles. The van der Waals surface area contributed by atoms with E-state index in [-0.39, 0.29) is 30.3 Å². The predicted molar refractivity (Wildman–Crippen MR) is 115 cm³/mol. The largest absolute Gasteiger partial charge is 0.509 e. The fraction of sp³-hybridized carbons (Fsp3) is 0.652. The smallest absolute Gasteiger partial charge is 0.345 e. The van der Waals surface area contributed by atoms with Crippen LogP contribution in [0.1, 0.15) is 70.6 Å². The van der Waals surface area contributed by atoms with Gasteiger partial charge in [-0.2, -0.15) is 0 Å². The van der Waals surface area contributed by atoms with Crippen LogP contribution in [0, 0.1) is 0 Å². The molecule has 0 aromatic heterocycles. The summed E-state index contributed by atoms with van der Waals surface area (Å²) >= 11 is 0. The number of ketones is 2. The van der Waals surface area contributed by atoms with Gasteiger partial charge < -0.3 is 19.9 Å². The number of hydrogen-bond acceptors (Lipinski definition) is 7. The van der Waals surface area contributed by atoms with Gasteiger partial charge in [-0.25, -0.2) is 4.79 Å². The molecular formula is C23H35NO7. The topological polar surface area (TPSA) is 119 Å². The van der Waals surface area contributed by atoms with Crippen molar-refractivity contribution in [2.45, 2.75) is 70.6 Å². The lowest BCUT2D eigenvalue weighted by atomic mass is 10.1. The van der Waals surface area contributed by atoms with E-state index in [1.54, 1.807) is 0 Å². The lowest BCUT2D eigenvalue weighted by Crippen LogP contribution is -2.27. The van der Waals surface area contributed by atoms with Crippen LogP contribution in [-0.2, 0) is 28.7 Å². The van der Waals surface area contributed by atoms with Crippen molar-refractivity contribution in [3.8, 4) is 0 Å². The van der Waals surface area contributed by atoms with Crippen molar-refractivity contribution in [1.29, 1.82) is 0 Å². The molecule has 0 aromatic rings. The van der Waals surface area contributed by atoms with Crippen LogP contribution < -0.4 is 5.32 Å². The summed E-state index contributed by atoms with van der Waals surface area (Å²) in [7, 11) is 1.47. The van der Waals surface area contributed by atoms with Gasteiger partial charge in [0.15, 0.2) is 6.61 Å². The zero-order chi connectivity index (χ0) is 22.9. The van der Waals surface area contributed by atoms with Gasteiger partial charge in [-0.1, -0.05) is 37.8 Å². The van der Waals surface area contributed by atoms with Crippen LogP contribution in [0.3, 0.4) is 0 Å². The van der Waals surface area contributed by atoms with E-state index < -0.39 is 17.7 Å². The van der Waals surface area contributed by atoms with Gasteiger partial charge in [0.2, 0.25) is 11.6 Å². The van der Waals surface area contributed by atoms with Crippen molar-refractivity contribution < 1.29 is 33.8 Å². The number of carbonyl (C=O) groups is 4. The summed E-state index contributed by atoms with van der Waals surface area (Å²) in [6.07, 6.45) is 14.7. The maximum Gasteiger partial charge on any atom is 0.345 e. The van der Waals surface area contributed by atoms with Gasteiger partial charge in [-0.3, -0.25) is 14.4 Å². The first-order valence-electron chi connectivity index (χ1n) is 11.1. The number of aliphatic hydroxyl groups excluding tert-OH is 1. The standard InChI is InChI=1S/C23H35NO7/c1-24-22(28)18(25)14-12-10-8-6-4-2-3-5-7-9-11-13-15-30-16-19(26)21-20(27)17-31-23(21)29/h2,4,26H,3,5-17H2,1H3,(H,24,28)/b4-2-,21-19?. The Bertz CT molecular complexity index is 649. The highest BCUT2D eigenvalue weighted by Crippen LogP contribution is 2.14. The van der Waals surface area contributed by atoms with Gasteiger partial charge in [0.1, 0.15) is 17.9 Å². The summed E-state index contributed by atoms with van der Waals surface area (Å²) in [5.74, 6) is -2.48. The normalized spacial score (nSPS) is 15.4. The number of esters is 1. The van der Waals surface area contributed by atoms with Crippen molar-refractivity contribution in [1.82, 2.24) is 5.32 Å². The molecule has 1 aliphatic rings. The van der Waals surface area contributed by atoms with Crippen LogP contribution in [0.2, 0.25) is 0 Å². The number of rotatable bonds is 17. The number of cyclic esters (lactones) is 1. The first-order chi connectivity index (χ1) is 15.0. The van der Waals surface area contributed by atoms with E-state index >= 15 is 0 Å². The lowest BCUT2D eigenvalue weighted by molar-refractivity contribution is -0.137. The van der Waals surface area contributed by atoms with E-state index in [0.29, 0.717) is 13.0 Å². The van der Waals surface area contributed by atoms with Gasteiger partial charge in [-0.05, 0) is 38.5 Å². The average molecular weight is 438 g/mol. The Labute approximate surface area is 184 Å². The third kappa shape index (κ3) is 11.5. The number of unbranched alkanes of at least 4 members (excludes halogenated alkanes) is 8. The second kappa shape index (κ2) is 16.2. The molecule has 174 valence electrons. The average Bonchev–Trinajstić information content (AvgIpc) is 3.10. The second-order valence-corrected chi connectivity index (χ2v) is 7.50. The number of aliphatic hydroxyl groups is 1. The Kier molecular flexibility index (Phi) is 13.9. The molecule has 0 unspecified atom stereocenters. The third-order valence-corrected chi connectivity index (χ3v) is 4.93. The summed E-state index contributed by atoms with van der Waals surface area (Å²) in [6, 6.07) is 0. The SMILES string of the molecule is CNC(=O)C(=O)CCCCC/C=C\CCCCCCCOCC(O)=C1C(=O)COC1=O. The van der Waals surface area contributed by atoms with Crippen LogP contribution in [-0.4, -0.2) is 55.4 Å². The summed E-state index contributed by atoms with van der Waals surface area (Å²) in [4.78, 5) is 45.1. The van der Waals surface area contributed by atoms with E-state index in [1.165, 1.54) is 7.05 Å². The van der Waals surface area contributed by atoms with Crippen molar-refractivity contribution in [2.75, 3.05) is 26.9 Å². The molecule has 0 aliphatic carbocycles. The molecule has 0 radical (unpaired) electrons. The summed E-state index contributed by atoms with van der Waals surface area (Å²) < 4.78 is 9.87. The summed E-state index contributed by atoms with van der Waals surface area (Å²) in [5, 5.41) is 12.1. The van der Waals surface area contributed by atoms with Gasteiger partial charge >= 0.3 is 5.97 Å². The Hall–Kier alpha value is -2.48. The molecule has 1 aliphatic heterocycles.